The van der Waals surface area contributed by atoms with E-state index >= 15 is 0 Å². The molecule has 0 aromatic heterocycles. The van der Waals surface area contributed by atoms with Gasteiger partial charge in [-0.3, -0.25) is 0 Å². The number of nitrogens with two attached hydrogens (primary N) is 1. The second-order valence-corrected chi connectivity index (χ2v) is 4.25. The molecule has 0 fully saturated rings. The van der Waals surface area contributed by atoms with E-state index in [4.69, 9.17) is 15.2 Å². The SMILES string of the molecule is CCN(CC)CCNc1cc(OC)c(OC)cc1N. The highest BCUT2D eigenvalue weighted by Crippen LogP contribution is 2.34. The summed E-state index contributed by atoms with van der Waals surface area (Å²) in [4.78, 5) is 2.35. The number of rotatable bonds is 8. The van der Waals surface area contributed by atoms with Gasteiger partial charge in [0.15, 0.2) is 11.5 Å². The van der Waals surface area contributed by atoms with Crippen LogP contribution >= 0.6 is 0 Å². The molecule has 0 saturated carbocycles. The molecular formula is C14H25N3O2. The highest BCUT2D eigenvalue weighted by atomic mass is 16.5. The first-order valence-electron chi connectivity index (χ1n) is 6.63. The number of nitrogens with zero attached hydrogens (tertiary/aromatic N) is 1. The van der Waals surface area contributed by atoms with Gasteiger partial charge in [-0.15, -0.1) is 0 Å². The van der Waals surface area contributed by atoms with E-state index < -0.39 is 0 Å². The second-order valence-electron chi connectivity index (χ2n) is 4.25. The van der Waals surface area contributed by atoms with Crippen molar-refractivity contribution in [2.75, 3.05) is 51.4 Å². The Morgan fingerprint density at radius 2 is 1.68 bits per heavy atom. The molecule has 0 atom stereocenters. The Hall–Kier alpha value is -1.62. The summed E-state index contributed by atoms with van der Waals surface area (Å²) in [6.45, 7) is 8.27. The number of nitrogen functional groups attached to an aromatic ring is 1. The average Bonchev–Trinajstić information content (AvgIpc) is 2.44. The minimum Gasteiger partial charge on any atom is -0.493 e. The molecule has 0 heterocycles. The van der Waals surface area contributed by atoms with Crippen LogP contribution in [0.3, 0.4) is 0 Å². The molecule has 5 heteroatoms. The van der Waals surface area contributed by atoms with Crippen molar-refractivity contribution in [1.29, 1.82) is 0 Å². The van der Waals surface area contributed by atoms with Gasteiger partial charge in [0.1, 0.15) is 0 Å². The summed E-state index contributed by atoms with van der Waals surface area (Å²) in [5, 5.41) is 3.34. The highest BCUT2D eigenvalue weighted by molar-refractivity contribution is 5.72. The number of ether oxygens (including phenoxy) is 2. The van der Waals surface area contributed by atoms with Crippen molar-refractivity contribution in [2.24, 2.45) is 0 Å². The summed E-state index contributed by atoms with van der Waals surface area (Å²) in [5.41, 5.74) is 7.53. The van der Waals surface area contributed by atoms with Crippen LogP contribution in [0.2, 0.25) is 0 Å². The summed E-state index contributed by atoms with van der Waals surface area (Å²) in [6.07, 6.45) is 0. The van der Waals surface area contributed by atoms with Crippen LogP contribution in [0, 0.1) is 0 Å². The summed E-state index contributed by atoms with van der Waals surface area (Å²) in [5.74, 6) is 1.33. The molecule has 0 spiro atoms. The zero-order valence-electron chi connectivity index (χ0n) is 12.3. The summed E-state index contributed by atoms with van der Waals surface area (Å²) in [7, 11) is 3.22. The van der Waals surface area contributed by atoms with Crippen molar-refractivity contribution in [3.63, 3.8) is 0 Å². The lowest BCUT2D eigenvalue weighted by atomic mass is 10.2. The van der Waals surface area contributed by atoms with E-state index in [1.807, 2.05) is 6.07 Å². The Morgan fingerprint density at radius 1 is 1.11 bits per heavy atom. The molecule has 0 amide bonds. The Morgan fingerprint density at radius 3 is 2.21 bits per heavy atom. The lowest BCUT2D eigenvalue weighted by Crippen LogP contribution is -2.28. The maximum absolute atomic E-state index is 5.99. The number of nitrogens with one attached hydrogen (secondary N) is 1. The number of benzene rings is 1. The van der Waals surface area contributed by atoms with Crippen LogP contribution in [-0.2, 0) is 0 Å². The van der Waals surface area contributed by atoms with Crippen molar-refractivity contribution in [1.82, 2.24) is 4.90 Å². The third-order valence-corrected chi connectivity index (χ3v) is 3.19. The minimum atomic E-state index is 0.647. The van der Waals surface area contributed by atoms with E-state index in [-0.39, 0.29) is 0 Å². The largest absolute Gasteiger partial charge is 0.493 e. The second kappa shape index (κ2) is 7.74. The number of hydrogen-bond donors (Lipinski definition) is 2. The van der Waals surface area contributed by atoms with Gasteiger partial charge >= 0.3 is 0 Å². The topological polar surface area (TPSA) is 59.8 Å². The molecule has 1 aromatic carbocycles. The van der Waals surface area contributed by atoms with E-state index in [1.54, 1.807) is 20.3 Å². The molecule has 0 aliphatic rings. The lowest BCUT2D eigenvalue weighted by molar-refractivity contribution is 0.316. The molecule has 1 rings (SSSR count). The van der Waals surface area contributed by atoms with Crippen LogP contribution in [0.25, 0.3) is 0 Å². The van der Waals surface area contributed by atoms with E-state index in [0.717, 1.165) is 31.9 Å². The van der Waals surface area contributed by atoms with Gasteiger partial charge in [0.2, 0.25) is 0 Å². The van der Waals surface area contributed by atoms with E-state index in [2.05, 4.69) is 24.1 Å². The van der Waals surface area contributed by atoms with Gasteiger partial charge in [0.05, 0.1) is 25.6 Å². The molecule has 19 heavy (non-hydrogen) atoms. The number of likely N-dealkylation sites (N-methyl/N-ethyl adjacent to an activating group) is 1. The van der Waals surface area contributed by atoms with Crippen LogP contribution in [0.4, 0.5) is 11.4 Å². The normalized spacial score (nSPS) is 10.6. The Balaban J connectivity index is 2.68. The van der Waals surface area contributed by atoms with Crippen molar-refractivity contribution < 1.29 is 9.47 Å². The zero-order valence-corrected chi connectivity index (χ0v) is 12.3. The predicted octanol–water partition coefficient (Wildman–Crippen LogP) is 2.04. The molecule has 0 unspecified atom stereocenters. The van der Waals surface area contributed by atoms with E-state index in [1.165, 1.54) is 0 Å². The predicted molar refractivity (Wildman–Crippen MR) is 80.2 cm³/mol. The number of anilines is 2. The summed E-state index contributed by atoms with van der Waals surface area (Å²) in [6, 6.07) is 3.65. The number of hydrogen-bond acceptors (Lipinski definition) is 5. The first-order chi connectivity index (χ1) is 9.15. The van der Waals surface area contributed by atoms with Gasteiger partial charge in [-0.05, 0) is 13.1 Å². The standard InChI is InChI=1S/C14H25N3O2/c1-5-17(6-2)8-7-16-12-10-14(19-4)13(18-3)9-11(12)15/h9-10,16H,5-8,15H2,1-4H3. The average molecular weight is 267 g/mol. The molecular weight excluding hydrogens is 242 g/mol. The Bertz CT molecular complexity index is 393. The maximum atomic E-state index is 5.99. The molecule has 1 aromatic rings. The summed E-state index contributed by atoms with van der Waals surface area (Å²) >= 11 is 0. The first kappa shape index (κ1) is 15.4. The lowest BCUT2D eigenvalue weighted by Gasteiger charge is -2.19. The van der Waals surface area contributed by atoms with Gasteiger partial charge < -0.3 is 25.4 Å². The fourth-order valence-electron chi connectivity index (χ4n) is 1.94. The molecule has 0 bridgehead atoms. The van der Waals surface area contributed by atoms with Crippen LogP contribution in [0.15, 0.2) is 12.1 Å². The van der Waals surface area contributed by atoms with Gasteiger partial charge in [0.25, 0.3) is 0 Å². The van der Waals surface area contributed by atoms with Crippen molar-refractivity contribution in [3.05, 3.63) is 12.1 Å². The van der Waals surface area contributed by atoms with Gasteiger partial charge in [-0.25, -0.2) is 0 Å². The van der Waals surface area contributed by atoms with Gasteiger partial charge in [0, 0.05) is 25.2 Å². The van der Waals surface area contributed by atoms with Crippen LogP contribution < -0.4 is 20.5 Å². The zero-order chi connectivity index (χ0) is 14.3. The van der Waals surface area contributed by atoms with E-state index in [9.17, 15) is 0 Å². The molecule has 108 valence electrons. The van der Waals surface area contributed by atoms with Crippen molar-refractivity contribution in [3.8, 4) is 11.5 Å². The molecule has 5 nitrogen and oxygen atoms in total. The molecule has 3 N–H and O–H groups in total. The van der Waals surface area contributed by atoms with Crippen LogP contribution in [0.5, 0.6) is 11.5 Å². The third kappa shape index (κ3) is 4.21. The molecule has 0 aliphatic heterocycles. The fourth-order valence-corrected chi connectivity index (χ4v) is 1.94. The molecule has 0 radical (unpaired) electrons. The van der Waals surface area contributed by atoms with Crippen molar-refractivity contribution >= 4 is 11.4 Å². The minimum absolute atomic E-state index is 0.647. The fraction of sp³-hybridized carbons (Fsp3) is 0.571. The van der Waals surface area contributed by atoms with Crippen molar-refractivity contribution in [2.45, 2.75) is 13.8 Å². The van der Waals surface area contributed by atoms with Crippen LogP contribution in [0.1, 0.15) is 13.8 Å². The monoisotopic (exact) mass is 267 g/mol. The van der Waals surface area contributed by atoms with Gasteiger partial charge in [-0.1, -0.05) is 13.8 Å². The smallest absolute Gasteiger partial charge is 0.162 e. The van der Waals surface area contributed by atoms with Gasteiger partial charge in [-0.2, -0.15) is 0 Å². The number of methoxy groups -OCH3 is 2. The quantitative estimate of drug-likeness (QED) is 0.706. The Kier molecular flexibility index (Phi) is 6.29. The van der Waals surface area contributed by atoms with Crippen LogP contribution in [-0.4, -0.2) is 45.3 Å². The van der Waals surface area contributed by atoms with E-state index in [0.29, 0.717) is 17.2 Å². The first-order valence-corrected chi connectivity index (χ1v) is 6.63. The maximum Gasteiger partial charge on any atom is 0.162 e. The highest BCUT2D eigenvalue weighted by Gasteiger charge is 2.09. The molecule has 0 saturated heterocycles. The summed E-state index contributed by atoms with van der Waals surface area (Å²) < 4.78 is 10.5. The molecule has 0 aliphatic carbocycles. The third-order valence-electron chi connectivity index (χ3n) is 3.19. The Labute approximate surface area is 115 Å².